The van der Waals surface area contributed by atoms with Crippen molar-refractivity contribution in [2.24, 2.45) is 0 Å². The van der Waals surface area contributed by atoms with E-state index in [1.165, 1.54) is 0 Å². The Kier molecular flexibility index (Phi) is 3.47. The van der Waals surface area contributed by atoms with Crippen molar-refractivity contribution in [3.05, 3.63) is 51.3 Å². The van der Waals surface area contributed by atoms with E-state index in [-0.39, 0.29) is 10.6 Å². The van der Waals surface area contributed by atoms with Crippen LogP contribution in [0.4, 0.5) is 5.69 Å². The molecule has 94 valence electrons. The molecule has 0 saturated carbocycles. The van der Waals surface area contributed by atoms with Crippen LogP contribution >= 0.6 is 15.9 Å². The van der Waals surface area contributed by atoms with E-state index in [0.717, 1.165) is 17.0 Å². The molecular weight excluding hydrogens is 298 g/mol. The van der Waals surface area contributed by atoms with Gasteiger partial charge in [-0.05, 0) is 31.5 Å². The summed E-state index contributed by atoms with van der Waals surface area (Å²) in [5.74, 6) is 0. The first-order valence-corrected chi connectivity index (χ1v) is 6.52. The van der Waals surface area contributed by atoms with Gasteiger partial charge in [-0.3, -0.25) is 10.1 Å². The van der Waals surface area contributed by atoms with Gasteiger partial charge in [0.05, 0.1) is 10.6 Å². The standard InChI is InChI=1S/C12H12BrN3O2/c1-8-5-9(2)15(14-8)11-4-3-10(7-13)6-12(11)16(17)18/h3-6H,7H2,1-2H3. The summed E-state index contributed by atoms with van der Waals surface area (Å²) in [5, 5.41) is 16.0. The maximum atomic E-state index is 11.1. The Labute approximate surface area is 113 Å². The average molecular weight is 310 g/mol. The molecule has 0 aliphatic carbocycles. The minimum Gasteiger partial charge on any atom is -0.258 e. The highest BCUT2D eigenvalue weighted by atomic mass is 79.9. The number of rotatable bonds is 3. The number of benzene rings is 1. The molecule has 0 spiro atoms. The molecule has 0 atom stereocenters. The number of nitrogens with zero attached hydrogens (tertiary/aromatic N) is 3. The zero-order valence-corrected chi connectivity index (χ0v) is 11.6. The van der Waals surface area contributed by atoms with Gasteiger partial charge < -0.3 is 0 Å². The number of aryl methyl sites for hydroxylation is 2. The van der Waals surface area contributed by atoms with Gasteiger partial charge in [0.1, 0.15) is 5.69 Å². The van der Waals surface area contributed by atoms with Gasteiger partial charge in [-0.25, -0.2) is 4.68 Å². The summed E-state index contributed by atoms with van der Waals surface area (Å²) in [4.78, 5) is 10.8. The van der Waals surface area contributed by atoms with E-state index in [2.05, 4.69) is 21.0 Å². The zero-order chi connectivity index (χ0) is 13.3. The molecule has 0 N–H and O–H groups in total. The Balaban J connectivity index is 2.63. The smallest absolute Gasteiger partial charge is 0.258 e. The van der Waals surface area contributed by atoms with Crippen molar-refractivity contribution in [3.8, 4) is 5.69 Å². The van der Waals surface area contributed by atoms with E-state index in [4.69, 9.17) is 0 Å². The first-order chi connectivity index (χ1) is 8.52. The van der Waals surface area contributed by atoms with E-state index in [9.17, 15) is 10.1 Å². The Morgan fingerprint density at radius 1 is 1.39 bits per heavy atom. The Bertz CT molecular complexity index is 607. The van der Waals surface area contributed by atoms with Gasteiger partial charge in [-0.2, -0.15) is 5.10 Å². The normalized spacial score (nSPS) is 10.6. The van der Waals surface area contributed by atoms with Crippen LogP contribution in [0.25, 0.3) is 5.69 Å². The number of alkyl halides is 1. The first kappa shape index (κ1) is 12.8. The van der Waals surface area contributed by atoms with Crippen LogP contribution < -0.4 is 0 Å². The van der Waals surface area contributed by atoms with Crippen molar-refractivity contribution in [2.75, 3.05) is 0 Å². The van der Waals surface area contributed by atoms with Crippen LogP contribution in [0.1, 0.15) is 17.0 Å². The van der Waals surface area contributed by atoms with Crippen LogP contribution in [-0.4, -0.2) is 14.7 Å². The molecule has 0 unspecified atom stereocenters. The van der Waals surface area contributed by atoms with Crippen molar-refractivity contribution in [2.45, 2.75) is 19.2 Å². The molecule has 2 rings (SSSR count). The molecule has 0 aliphatic rings. The summed E-state index contributed by atoms with van der Waals surface area (Å²) >= 11 is 3.30. The summed E-state index contributed by atoms with van der Waals surface area (Å²) in [6.07, 6.45) is 0. The molecule has 18 heavy (non-hydrogen) atoms. The zero-order valence-electron chi connectivity index (χ0n) is 10.1. The second kappa shape index (κ2) is 4.89. The monoisotopic (exact) mass is 309 g/mol. The number of hydrogen-bond donors (Lipinski definition) is 0. The van der Waals surface area contributed by atoms with E-state index in [1.54, 1.807) is 16.8 Å². The number of nitro groups is 1. The van der Waals surface area contributed by atoms with Gasteiger partial charge in [0, 0.05) is 17.1 Å². The van der Waals surface area contributed by atoms with E-state index < -0.39 is 0 Å². The first-order valence-electron chi connectivity index (χ1n) is 5.40. The molecule has 1 heterocycles. The summed E-state index contributed by atoms with van der Waals surface area (Å²) < 4.78 is 1.60. The SMILES string of the molecule is Cc1cc(C)n(-c2ccc(CBr)cc2[N+](=O)[O-])n1. The summed E-state index contributed by atoms with van der Waals surface area (Å²) in [7, 11) is 0. The fraction of sp³-hybridized carbons (Fsp3) is 0.250. The number of aromatic nitrogens is 2. The molecule has 6 heteroatoms. The van der Waals surface area contributed by atoms with Gasteiger partial charge >= 0.3 is 0 Å². The van der Waals surface area contributed by atoms with Crippen molar-refractivity contribution in [3.63, 3.8) is 0 Å². The molecule has 0 fully saturated rings. The van der Waals surface area contributed by atoms with Crippen LogP contribution in [0, 0.1) is 24.0 Å². The van der Waals surface area contributed by atoms with Crippen LogP contribution in [0.2, 0.25) is 0 Å². The average Bonchev–Trinajstić information content (AvgIpc) is 2.67. The topological polar surface area (TPSA) is 61.0 Å². The van der Waals surface area contributed by atoms with Gasteiger partial charge in [-0.15, -0.1) is 0 Å². The minimum absolute atomic E-state index is 0.0677. The molecule has 0 amide bonds. The third-order valence-corrected chi connectivity index (χ3v) is 3.28. The van der Waals surface area contributed by atoms with Crippen LogP contribution in [0.3, 0.4) is 0 Å². The summed E-state index contributed by atoms with van der Waals surface area (Å²) in [5.41, 5.74) is 3.15. The van der Waals surface area contributed by atoms with Crippen molar-refractivity contribution in [1.29, 1.82) is 0 Å². The van der Waals surface area contributed by atoms with E-state index in [1.807, 2.05) is 26.0 Å². The Hall–Kier alpha value is -1.69. The number of halogens is 1. The summed E-state index contributed by atoms with van der Waals surface area (Å²) in [6, 6.07) is 7.05. The highest BCUT2D eigenvalue weighted by molar-refractivity contribution is 9.08. The quantitative estimate of drug-likeness (QED) is 0.496. The van der Waals surface area contributed by atoms with Crippen LogP contribution in [0.5, 0.6) is 0 Å². The Morgan fingerprint density at radius 3 is 2.61 bits per heavy atom. The fourth-order valence-corrected chi connectivity index (χ4v) is 2.20. The second-order valence-electron chi connectivity index (χ2n) is 4.05. The molecule has 5 nitrogen and oxygen atoms in total. The second-order valence-corrected chi connectivity index (χ2v) is 4.61. The fourth-order valence-electron chi connectivity index (χ4n) is 1.85. The summed E-state index contributed by atoms with van der Waals surface area (Å²) in [6.45, 7) is 3.74. The van der Waals surface area contributed by atoms with Crippen molar-refractivity contribution >= 4 is 21.6 Å². The van der Waals surface area contributed by atoms with Gasteiger partial charge in [-0.1, -0.05) is 22.0 Å². The third-order valence-electron chi connectivity index (χ3n) is 2.63. The van der Waals surface area contributed by atoms with Crippen LogP contribution in [-0.2, 0) is 5.33 Å². The van der Waals surface area contributed by atoms with Gasteiger partial charge in [0.15, 0.2) is 0 Å². The molecule has 1 aromatic carbocycles. The highest BCUT2D eigenvalue weighted by Gasteiger charge is 2.18. The van der Waals surface area contributed by atoms with E-state index in [0.29, 0.717) is 11.0 Å². The molecule has 0 radical (unpaired) electrons. The predicted molar refractivity (Wildman–Crippen MR) is 72.3 cm³/mol. The van der Waals surface area contributed by atoms with Crippen molar-refractivity contribution < 1.29 is 4.92 Å². The maximum absolute atomic E-state index is 11.1. The minimum atomic E-state index is -0.377. The van der Waals surface area contributed by atoms with Gasteiger partial charge in [0.2, 0.25) is 0 Å². The highest BCUT2D eigenvalue weighted by Crippen LogP contribution is 2.26. The van der Waals surface area contributed by atoms with Gasteiger partial charge in [0.25, 0.3) is 5.69 Å². The largest absolute Gasteiger partial charge is 0.295 e. The number of nitro benzene ring substituents is 1. The molecule has 0 aliphatic heterocycles. The lowest BCUT2D eigenvalue weighted by molar-refractivity contribution is -0.384. The predicted octanol–water partition coefficient (Wildman–Crippen LogP) is 3.29. The lowest BCUT2D eigenvalue weighted by atomic mass is 10.2. The van der Waals surface area contributed by atoms with Crippen LogP contribution in [0.15, 0.2) is 24.3 Å². The molecular formula is C12H12BrN3O2. The molecule has 2 aromatic rings. The molecule has 0 bridgehead atoms. The molecule has 0 saturated heterocycles. The lowest BCUT2D eigenvalue weighted by Gasteiger charge is -2.06. The molecule has 1 aromatic heterocycles. The number of hydrogen-bond acceptors (Lipinski definition) is 3. The Morgan fingerprint density at radius 2 is 2.11 bits per heavy atom. The maximum Gasteiger partial charge on any atom is 0.295 e. The third kappa shape index (κ3) is 2.28. The van der Waals surface area contributed by atoms with E-state index >= 15 is 0 Å². The van der Waals surface area contributed by atoms with Crippen molar-refractivity contribution in [1.82, 2.24) is 9.78 Å². The lowest BCUT2D eigenvalue weighted by Crippen LogP contribution is -2.04.